The van der Waals surface area contributed by atoms with Crippen LogP contribution in [0.3, 0.4) is 0 Å². The van der Waals surface area contributed by atoms with Gasteiger partial charge in [0.05, 0.1) is 19.3 Å². The molecule has 0 aromatic carbocycles. The number of amides is 1. The Labute approximate surface area is 113 Å². The van der Waals surface area contributed by atoms with Gasteiger partial charge in [-0.25, -0.2) is 9.59 Å². The summed E-state index contributed by atoms with van der Waals surface area (Å²) in [5, 5.41) is 10.3. The monoisotopic (exact) mass is 273 g/mol. The lowest BCUT2D eigenvalue weighted by molar-refractivity contribution is -0.145. The molecule has 1 N–H and O–H groups in total. The summed E-state index contributed by atoms with van der Waals surface area (Å²) in [6, 6.07) is -0.787. The zero-order chi connectivity index (χ0) is 14.8. The minimum absolute atomic E-state index is 0.0815. The zero-order valence-electron chi connectivity index (χ0n) is 12.2. The molecule has 1 heterocycles. The Morgan fingerprint density at radius 2 is 2.00 bits per heavy atom. The van der Waals surface area contributed by atoms with E-state index in [9.17, 15) is 14.7 Å². The molecule has 110 valence electrons. The molecule has 0 aromatic heterocycles. The smallest absolute Gasteiger partial charge is 0.411 e. The summed E-state index contributed by atoms with van der Waals surface area (Å²) >= 11 is 0. The molecule has 1 fully saturated rings. The van der Waals surface area contributed by atoms with E-state index in [1.807, 2.05) is 6.92 Å². The molecule has 0 saturated carbocycles. The van der Waals surface area contributed by atoms with E-state index in [0.29, 0.717) is 6.42 Å². The maximum absolute atomic E-state index is 12.1. The molecule has 1 aliphatic rings. The molecule has 0 aliphatic carbocycles. The molecule has 1 amide bonds. The van der Waals surface area contributed by atoms with Gasteiger partial charge >= 0.3 is 12.1 Å². The van der Waals surface area contributed by atoms with Crippen molar-refractivity contribution < 1.29 is 24.2 Å². The molecular formula is C13H23NO5. The fourth-order valence-corrected chi connectivity index (χ4v) is 2.08. The number of nitrogens with zero attached hydrogens (tertiary/aromatic N) is 1. The first-order valence-electron chi connectivity index (χ1n) is 6.42. The van der Waals surface area contributed by atoms with Crippen molar-refractivity contribution in [3.05, 3.63) is 0 Å². The third-order valence-electron chi connectivity index (χ3n) is 3.17. The SMILES string of the molecule is CCC1(O)CC(C(=O)OC)N(C(=O)OC(C)(C)C)C1. The topological polar surface area (TPSA) is 76.1 Å². The van der Waals surface area contributed by atoms with Gasteiger partial charge in [-0.15, -0.1) is 0 Å². The van der Waals surface area contributed by atoms with Crippen molar-refractivity contribution in [3.8, 4) is 0 Å². The van der Waals surface area contributed by atoms with E-state index in [4.69, 9.17) is 4.74 Å². The average molecular weight is 273 g/mol. The van der Waals surface area contributed by atoms with Crippen LogP contribution in [0.4, 0.5) is 4.79 Å². The summed E-state index contributed by atoms with van der Waals surface area (Å²) in [4.78, 5) is 25.0. The fraction of sp³-hybridized carbons (Fsp3) is 0.846. The lowest BCUT2D eigenvalue weighted by Gasteiger charge is -2.27. The molecule has 2 unspecified atom stereocenters. The second-order valence-electron chi connectivity index (χ2n) is 5.93. The summed E-state index contributed by atoms with van der Waals surface area (Å²) in [6.45, 7) is 7.14. The molecule has 1 saturated heterocycles. The molecule has 6 heteroatoms. The fourth-order valence-electron chi connectivity index (χ4n) is 2.08. The number of hydrogen-bond acceptors (Lipinski definition) is 5. The van der Waals surface area contributed by atoms with Crippen LogP contribution < -0.4 is 0 Å². The predicted octanol–water partition coefficient (Wildman–Crippen LogP) is 1.31. The van der Waals surface area contributed by atoms with Crippen LogP contribution in [0, 0.1) is 0 Å². The van der Waals surface area contributed by atoms with Gasteiger partial charge in [0.25, 0.3) is 0 Å². The van der Waals surface area contributed by atoms with E-state index in [1.54, 1.807) is 20.8 Å². The van der Waals surface area contributed by atoms with Gasteiger partial charge in [0.15, 0.2) is 0 Å². The van der Waals surface area contributed by atoms with Crippen molar-refractivity contribution in [2.75, 3.05) is 13.7 Å². The second-order valence-corrected chi connectivity index (χ2v) is 5.93. The lowest BCUT2D eigenvalue weighted by atomic mass is 9.97. The first-order chi connectivity index (χ1) is 8.62. The first-order valence-corrected chi connectivity index (χ1v) is 6.42. The van der Waals surface area contributed by atoms with Gasteiger partial charge in [0.2, 0.25) is 0 Å². The largest absolute Gasteiger partial charge is 0.467 e. The number of ether oxygens (including phenoxy) is 2. The molecule has 19 heavy (non-hydrogen) atoms. The van der Waals surface area contributed by atoms with Crippen LogP contribution in [-0.4, -0.2) is 53.0 Å². The van der Waals surface area contributed by atoms with Crippen molar-refractivity contribution in [2.24, 2.45) is 0 Å². The number of methoxy groups -OCH3 is 1. The quantitative estimate of drug-likeness (QED) is 0.768. The van der Waals surface area contributed by atoms with Crippen LogP contribution in [0.1, 0.15) is 40.5 Å². The highest BCUT2D eigenvalue weighted by Crippen LogP contribution is 2.31. The Balaban J connectivity index is 2.89. The van der Waals surface area contributed by atoms with Gasteiger partial charge in [0.1, 0.15) is 11.6 Å². The van der Waals surface area contributed by atoms with Crippen LogP contribution in [0.5, 0.6) is 0 Å². The van der Waals surface area contributed by atoms with Gasteiger partial charge in [0, 0.05) is 6.42 Å². The lowest BCUT2D eigenvalue weighted by Crippen LogP contribution is -2.44. The van der Waals surface area contributed by atoms with Crippen LogP contribution in [0.15, 0.2) is 0 Å². The number of aliphatic hydroxyl groups is 1. The van der Waals surface area contributed by atoms with Crippen LogP contribution in [0.25, 0.3) is 0 Å². The molecule has 6 nitrogen and oxygen atoms in total. The molecular weight excluding hydrogens is 250 g/mol. The average Bonchev–Trinajstić information content (AvgIpc) is 2.65. The third kappa shape index (κ3) is 3.83. The summed E-state index contributed by atoms with van der Waals surface area (Å²) in [7, 11) is 1.26. The summed E-state index contributed by atoms with van der Waals surface area (Å²) < 4.78 is 9.94. The summed E-state index contributed by atoms with van der Waals surface area (Å²) in [5.74, 6) is -0.532. The molecule has 0 aromatic rings. The number of β-amino-alcohol motifs (C(OH)–C–C–N with tert-alkyl or cyclic N) is 1. The maximum atomic E-state index is 12.1. The maximum Gasteiger partial charge on any atom is 0.411 e. The molecule has 2 atom stereocenters. The number of rotatable bonds is 2. The van der Waals surface area contributed by atoms with Gasteiger partial charge < -0.3 is 14.6 Å². The van der Waals surface area contributed by atoms with Crippen molar-refractivity contribution in [2.45, 2.75) is 57.8 Å². The zero-order valence-corrected chi connectivity index (χ0v) is 12.2. The molecule has 0 bridgehead atoms. The molecule has 1 aliphatic heterocycles. The highest BCUT2D eigenvalue weighted by molar-refractivity contribution is 5.82. The Bertz CT molecular complexity index is 363. The van der Waals surface area contributed by atoms with Gasteiger partial charge in [-0.3, -0.25) is 4.90 Å². The van der Waals surface area contributed by atoms with Crippen molar-refractivity contribution in [3.63, 3.8) is 0 Å². The van der Waals surface area contributed by atoms with Gasteiger partial charge in [-0.2, -0.15) is 0 Å². The van der Waals surface area contributed by atoms with E-state index in [0.717, 1.165) is 0 Å². The van der Waals surface area contributed by atoms with Crippen molar-refractivity contribution in [1.29, 1.82) is 0 Å². The van der Waals surface area contributed by atoms with E-state index in [1.165, 1.54) is 12.0 Å². The number of esters is 1. The second kappa shape index (κ2) is 5.36. The minimum atomic E-state index is -1.06. The van der Waals surface area contributed by atoms with Crippen molar-refractivity contribution in [1.82, 2.24) is 4.90 Å². The van der Waals surface area contributed by atoms with Gasteiger partial charge in [-0.05, 0) is 27.2 Å². The summed E-state index contributed by atoms with van der Waals surface area (Å²) in [5.41, 5.74) is -1.71. The van der Waals surface area contributed by atoms with E-state index in [2.05, 4.69) is 4.74 Å². The number of hydrogen-bond donors (Lipinski definition) is 1. The number of carbonyl (C=O) groups is 2. The Hall–Kier alpha value is -1.30. The van der Waals surface area contributed by atoms with Crippen LogP contribution in [-0.2, 0) is 14.3 Å². The predicted molar refractivity (Wildman–Crippen MR) is 68.6 cm³/mol. The highest BCUT2D eigenvalue weighted by Gasteiger charge is 2.48. The van der Waals surface area contributed by atoms with Gasteiger partial charge in [-0.1, -0.05) is 6.92 Å². The molecule has 0 radical (unpaired) electrons. The Morgan fingerprint density at radius 1 is 1.42 bits per heavy atom. The first kappa shape index (κ1) is 15.8. The van der Waals surface area contributed by atoms with E-state index >= 15 is 0 Å². The summed E-state index contributed by atoms with van der Waals surface area (Å²) in [6.07, 6.45) is 0.0298. The Kier molecular flexibility index (Phi) is 4.45. The highest BCUT2D eigenvalue weighted by atomic mass is 16.6. The van der Waals surface area contributed by atoms with Crippen molar-refractivity contribution >= 4 is 12.1 Å². The minimum Gasteiger partial charge on any atom is -0.467 e. The number of carbonyl (C=O) groups excluding carboxylic acids is 2. The van der Waals surface area contributed by atoms with Crippen LogP contribution >= 0.6 is 0 Å². The van der Waals surface area contributed by atoms with E-state index in [-0.39, 0.29) is 13.0 Å². The Morgan fingerprint density at radius 3 is 2.42 bits per heavy atom. The molecule has 1 rings (SSSR count). The molecule has 0 spiro atoms. The number of likely N-dealkylation sites (tertiary alicyclic amines) is 1. The van der Waals surface area contributed by atoms with E-state index < -0.39 is 29.3 Å². The standard InChI is InChI=1S/C13H23NO5/c1-6-13(17)7-9(10(15)18-5)14(8-13)11(16)19-12(2,3)4/h9,17H,6-8H2,1-5H3. The normalized spacial score (nSPS) is 27.3. The third-order valence-corrected chi connectivity index (χ3v) is 3.17. The van der Waals surface area contributed by atoms with Crippen LogP contribution in [0.2, 0.25) is 0 Å².